The summed E-state index contributed by atoms with van der Waals surface area (Å²) in [5, 5.41) is 8.25. The van der Waals surface area contributed by atoms with Crippen molar-refractivity contribution < 1.29 is 0 Å². The number of hydrazone groups is 1. The van der Waals surface area contributed by atoms with Gasteiger partial charge in [-0.3, -0.25) is 5.43 Å². The normalized spacial score (nSPS) is 10.6. The van der Waals surface area contributed by atoms with Crippen molar-refractivity contribution in [2.75, 3.05) is 0 Å². The number of benzene rings is 1. The first-order valence-electron chi connectivity index (χ1n) is 4.97. The topological polar surface area (TPSA) is 50.4 Å². The second-order valence-corrected chi connectivity index (χ2v) is 4.59. The number of thiocarbonyl (C=S) groups is 1. The standard InChI is InChI=1S/C12H11N3S2/c13-12(16)15-14-7-9-1-3-10(4-2-9)11-5-6-17-8-11/h1-8H,(H3,13,15,16). The monoisotopic (exact) mass is 261 g/mol. The van der Waals surface area contributed by atoms with Gasteiger partial charge in [-0.2, -0.15) is 16.4 Å². The molecule has 1 aromatic heterocycles. The summed E-state index contributed by atoms with van der Waals surface area (Å²) in [6, 6.07) is 10.2. The van der Waals surface area contributed by atoms with E-state index in [4.69, 9.17) is 5.73 Å². The number of nitrogens with two attached hydrogens (primary N) is 1. The third-order valence-corrected chi connectivity index (χ3v) is 2.93. The minimum atomic E-state index is 0.163. The van der Waals surface area contributed by atoms with Crippen LogP contribution in [0.4, 0.5) is 0 Å². The van der Waals surface area contributed by atoms with Gasteiger partial charge in [-0.1, -0.05) is 24.3 Å². The first kappa shape index (κ1) is 11.8. The van der Waals surface area contributed by atoms with Crippen LogP contribution in [-0.2, 0) is 0 Å². The maximum atomic E-state index is 5.25. The summed E-state index contributed by atoms with van der Waals surface area (Å²) in [5.74, 6) is 0. The maximum Gasteiger partial charge on any atom is 0.184 e. The number of rotatable bonds is 3. The van der Waals surface area contributed by atoms with Crippen LogP contribution in [0, 0.1) is 0 Å². The molecular weight excluding hydrogens is 250 g/mol. The summed E-state index contributed by atoms with van der Waals surface area (Å²) < 4.78 is 0. The molecule has 86 valence electrons. The average molecular weight is 261 g/mol. The highest BCUT2D eigenvalue weighted by molar-refractivity contribution is 7.80. The zero-order chi connectivity index (χ0) is 12.1. The zero-order valence-electron chi connectivity index (χ0n) is 8.96. The Morgan fingerprint density at radius 1 is 1.24 bits per heavy atom. The highest BCUT2D eigenvalue weighted by atomic mass is 32.1. The number of nitrogens with one attached hydrogen (secondary N) is 1. The van der Waals surface area contributed by atoms with Gasteiger partial charge in [0.05, 0.1) is 6.21 Å². The summed E-state index contributed by atoms with van der Waals surface area (Å²) in [6.45, 7) is 0. The third kappa shape index (κ3) is 3.37. The molecule has 0 atom stereocenters. The van der Waals surface area contributed by atoms with Gasteiger partial charge in [0, 0.05) is 0 Å². The summed E-state index contributed by atoms with van der Waals surface area (Å²) >= 11 is 6.33. The second kappa shape index (κ2) is 5.56. The van der Waals surface area contributed by atoms with Gasteiger partial charge < -0.3 is 5.73 Å². The predicted molar refractivity (Wildman–Crippen MR) is 77.3 cm³/mol. The minimum absolute atomic E-state index is 0.163. The molecule has 5 heteroatoms. The lowest BCUT2D eigenvalue weighted by Crippen LogP contribution is -2.23. The molecule has 0 saturated carbocycles. The molecule has 0 aliphatic carbocycles. The van der Waals surface area contributed by atoms with E-state index in [1.807, 2.05) is 12.1 Å². The maximum absolute atomic E-state index is 5.25. The molecule has 3 nitrogen and oxygen atoms in total. The minimum Gasteiger partial charge on any atom is -0.375 e. The molecular formula is C12H11N3S2. The molecule has 0 amide bonds. The van der Waals surface area contributed by atoms with Crippen molar-refractivity contribution in [1.82, 2.24) is 5.43 Å². The quantitative estimate of drug-likeness (QED) is 0.507. The number of thiophene rings is 1. The fourth-order valence-corrected chi connectivity index (χ4v) is 2.08. The molecule has 2 rings (SSSR count). The van der Waals surface area contributed by atoms with E-state index in [0.717, 1.165) is 5.56 Å². The van der Waals surface area contributed by atoms with Gasteiger partial charge in [0.2, 0.25) is 0 Å². The molecule has 0 aliphatic rings. The van der Waals surface area contributed by atoms with Crippen molar-refractivity contribution in [3.8, 4) is 11.1 Å². The zero-order valence-corrected chi connectivity index (χ0v) is 10.6. The number of nitrogens with zero attached hydrogens (tertiary/aromatic N) is 1. The van der Waals surface area contributed by atoms with E-state index in [0.29, 0.717) is 0 Å². The van der Waals surface area contributed by atoms with Crippen LogP contribution in [0.1, 0.15) is 5.56 Å². The molecule has 0 bridgehead atoms. The van der Waals surface area contributed by atoms with Crippen molar-refractivity contribution in [3.63, 3.8) is 0 Å². The fraction of sp³-hybridized carbons (Fsp3) is 0. The first-order valence-corrected chi connectivity index (χ1v) is 6.32. The van der Waals surface area contributed by atoms with Gasteiger partial charge in [-0.15, -0.1) is 0 Å². The van der Waals surface area contributed by atoms with Gasteiger partial charge in [-0.25, -0.2) is 0 Å². The van der Waals surface area contributed by atoms with E-state index in [2.05, 4.69) is 51.7 Å². The largest absolute Gasteiger partial charge is 0.375 e. The molecule has 3 N–H and O–H groups in total. The van der Waals surface area contributed by atoms with Crippen LogP contribution in [0.3, 0.4) is 0 Å². The Bertz CT molecular complexity index is 515. The molecule has 17 heavy (non-hydrogen) atoms. The van der Waals surface area contributed by atoms with Crippen molar-refractivity contribution in [1.29, 1.82) is 0 Å². The Hall–Kier alpha value is -1.72. The van der Waals surface area contributed by atoms with Crippen molar-refractivity contribution in [3.05, 3.63) is 46.7 Å². The van der Waals surface area contributed by atoms with E-state index < -0.39 is 0 Å². The first-order chi connectivity index (χ1) is 8.25. The highest BCUT2D eigenvalue weighted by Gasteiger charge is 1.96. The molecule has 0 radical (unpaired) electrons. The van der Waals surface area contributed by atoms with E-state index >= 15 is 0 Å². The van der Waals surface area contributed by atoms with Crippen molar-refractivity contribution >= 4 is 34.9 Å². The molecule has 0 aliphatic heterocycles. The summed E-state index contributed by atoms with van der Waals surface area (Å²) in [7, 11) is 0. The Kier molecular flexibility index (Phi) is 3.85. The smallest absolute Gasteiger partial charge is 0.184 e. The lowest BCUT2D eigenvalue weighted by atomic mass is 10.1. The van der Waals surface area contributed by atoms with Crippen LogP contribution >= 0.6 is 23.6 Å². The Labute approximate surface area is 109 Å². The molecule has 2 aromatic rings. The van der Waals surface area contributed by atoms with Gasteiger partial charge in [0.25, 0.3) is 0 Å². The molecule has 0 unspecified atom stereocenters. The summed E-state index contributed by atoms with van der Waals surface area (Å²) in [6.07, 6.45) is 1.68. The van der Waals surface area contributed by atoms with Crippen molar-refractivity contribution in [2.24, 2.45) is 10.8 Å². The second-order valence-electron chi connectivity index (χ2n) is 3.37. The SMILES string of the molecule is NC(=S)NN=Cc1ccc(-c2ccsc2)cc1. The average Bonchev–Trinajstić information content (AvgIpc) is 2.83. The van der Waals surface area contributed by atoms with Gasteiger partial charge in [0.15, 0.2) is 5.11 Å². The fourth-order valence-electron chi connectivity index (χ4n) is 1.36. The number of hydrogen-bond donors (Lipinski definition) is 2. The van der Waals surface area contributed by atoms with Crippen molar-refractivity contribution in [2.45, 2.75) is 0 Å². The van der Waals surface area contributed by atoms with E-state index in [1.54, 1.807) is 17.6 Å². The molecule has 0 fully saturated rings. The summed E-state index contributed by atoms with van der Waals surface area (Å²) in [5.41, 5.74) is 11.2. The van der Waals surface area contributed by atoms with E-state index in [-0.39, 0.29) is 5.11 Å². The van der Waals surface area contributed by atoms with E-state index in [9.17, 15) is 0 Å². The summed E-state index contributed by atoms with van der Waals surface area (Å²) in [4.78, 5) is 0. The van der Waals surface area contributed by atoms with Crippen LogP contribution in [-0.4, -0.2) is 11.3 Å². The predicted octanol–water partition coefficient (Wildman–Crippen LogP) is 2.58. The molecule has 0 saturated heterocycles. The van der Waals surface area contributed by atoms with Crippen LogP contribution in [0.2, 0.25) is 0 Å². The Morgan fingerprint density at radius 2 is 2.00 bits per heavy atom. The Morgan fingerprint density at radius 3 is 2.59 bits per heavy atom. The number of hydrogen-bond acceptors (Lipinski definition) is 3. The van der Waals surface area contributed by atoms with Crippen LogP contribution < -0.4 is 11.2 Å². The highest BCUT2D eigenvalue weighted by Crippen LogP contribution is 2.21. The Balaban J connectivity index is 2.08. The van der Waals surface area contributed by atoms with Crippen LogP contribution in [0.25, 0.3) is 11.1 Å². The van der Waals surface area contributed by atoms with Gasteiger partial charge in [-0.05, 0) is 45.7 Å². The molecule has 1 heterocycles. The van der Waals surface area contributed by atoms with E-state index in [1.165, 1.54) is 11.1 Å². The lowest BCUT2D eigenvalue weighted by Gasteiger charge is -1.99. The van der Waals surface area contributed by atoms with Crippen LogP contribution in [0.5, 0.6) is 0 Å². The molecule has 1 aromatic carbocycles. The van der Waals surface area contributed by atoms with Crippen LogP contribution in [0.15, 0.2) is 46.2 Å². The molecule has 0 spiro atoms. The lowest BCUT2D eigenvalue weighted by molar-refractivity contribution is 1.04. The van der Waals surface area contributed by atoms with Gasteiger partial charge >= 0.3 is 0 Å². The van der Waals surface area contributed by atoms with Gasteiger partial charge in [0.1, 0.15) is 0 Å². The third-order valence-electron chi connectivity index (χ3n) is 2.15.